The van der Waals surface area contributed by atoms with Crippen molar-refractivity contribution in [1.82, 2.24) is 0 Å². The first kappa shape index (κ1) is 20.0. The highest BCUT2D eigenvalue weighted by Crippen LogP contribution is 2.37. The molecule has 142 valence electrons. The van der Waals surface area contributed by atoms with E-state index in [1.165, 1.54) is 38.5 Å². The minimum atomic E-state index is -4.05. The van der Waals surface area contributed by atoms with Crippen molar-refractivity contribution < 1.29 is 22.6 Å². The Bertz CT molecular complexity index is 338. The Hall–Kier alpha value is -0.290. The number of alkyl halides is 3. The van der Waals surface area contributed by atoms with Crippen molar-refractivity contribution in [3.63, 3.8) is 0 Å². The number of unbranched alkanes of at least 4 members (excludes halogenated alkanes) is 2. The summed E-state index contributed by atoms with van der Waals surface area (Å²) in [5.41, 5.74) is 0. The molecule has 2 atom stereocenters. The van der Waals surface area contributed by atoms with Gasteiger partial charge in [0.2, 0.25) is 0 Å². The lowest BCUT2D eigenvalue weighted by molar-refractivity contribution is -0.242. The van der Waals surface area contributed by atoms with E-state index in [1.807, 2.05) is 0 Å². The highest BCUT2D eigenvalue weighted by molar-refractivity contribution is 4.77. The SMILES string of the molecule is CCCCC[C@H]1CC[C@H]([C@H]2OCC[C@H](CCCC(F)(F)F)O2)CC1. The highest BCUT2D eigenvalue weighted by Gasteiger charge is 2.33. The summed E-state index contributed by atoms with van der Waals surface area (Å²) in [5.74, 6) is 1.27. The summed E-state index contributed by atoms with van der Waals surface area (Å²) < 4.78 is 48.5. The largest absolute Gasteiger partial charge is 0.389 e. The molecule has 0 spiro atoms. The molecule has 1 saturated carbocycles. The second-order valence-electron chi connectivity index (χ2n) is 7.57. The molecule has 0 radical (unpaired) electrons. The standard InChI is InChI=1S/C19H33F3O2/c1-2-3-4-6-15-8-10-16(11-9-15)18-23-14-12-17(24-18)7-5-13-19(20,21)22/h15-18H,2-14H2,1H3/t15-,16-,17-,18-/m0/s1. The van der Waals surface area contributed by atoms with E-state index in [2.05, 4.69) is 6.92 Å². The molecule has 1 saturated heterocycles. The summed E-state index contributed by atoms with van der Waals surface area (Å²) >= 11 is 0. The topological polar surface area (TPSA) is 18.5 Å². The molecule has 2 aliphatic rings. The summed E-state index contributed by atoms with van der Waals surface area (Å²) in [6, 6.07) is 0. The summed E-state index contributed by atoms with van der Waals surface area (Å²) in [4.78, 5) is 0. The molecule has 0 bridgehead atoms. The molecule has 2 nitrogen and oxygen atoms in total. The predicted molar refractivity (Wildman–Crippen MR) is 88.7 cm³/mol. The number of rotatable bonds is 8. The molecule has 0 aromatic heterocycles. The van der Waals surface area contributed by atoms with Crippen LogP contribution in [0.25, 0.3) is 0 Å². The van der Waals surface area contributed by atoms with Crippen LogP contribution < -0.4 is 0 Å². The minimum Gasteiger partial charge on any atom is -0.352 e. The number of ether oxygens (including phenoxy) is 2. The Morgan fingerprint density at radius 1 is 0.917 bits per heavy atom. The summed E-state index contributed by atoms with van der Waals surface area (Å²) in [5, 5.41) is 0. The zero-order chi connectivity index (χ0) is 17.4. The summed E-state index contributed by atoms with van der Waals surface area (Å²) in [6.45, 7) is 2.86. The van der Waals surface area contributed by atoms with Gasteiger partial charge in [0.05, 0.1) is 12.7 Å². The van der Waals surface area contributed by atoms with Gasteiger partial charge in [-0.3, -0.25) is 0 Å². The van der Waals surface area contributed by atoms with Crippen LogP contribution in [-0.4, -0.2) is 25.2 Å². The van der Waals surface area contributed by atoms with Crippen LogP contribution in [0.5, 0.6) is 0 Å². The second-order valence-corrected chi connectivity index (χ2v) is 7.57. The molecule has 0 unspecified atom stereocenters. The molecule has 1 heterocycles. The van der Waals surface area contributed by atoms with Gasteiger partial charge in [0, 0.05) is 12.3 Å². The van der Waals surface area contributed by atoms with Crippen LogP contribution in [0.4, 0.5) is 13.2 Å². The summed E-state index contributed by atoms with van der Waals surface area (Å²) in [7, 11) is 0. The Balaban J connectivity index is 1.65. The van der Waals surface area contributed by atoms with E-state index in [4.69, 9.17) is 9.47 Å². The Morgan fingerprint density at radius 3 is 2.33 bits per heavy atom. The van der Waals surface area contributed by atoms with Gasteiger partial charge in [-0.2, -0.15) is 13.2 Å². The molecule has 1 aliphatic carbocycles. The van der Waals surface area contributed by atoms with Gasteiger partial charge >= 0.3 is 6.18 Å². The van der Waals surface area contributed by atoms with Crippen LogP contribution in [0.1, 0.15) is 84.0 Å². The molecule has 0 amide bonds. The van der Waals surface area contributed by atoms with Gasteiger partial charge < -0.3 is 9.47 Å². The zero-order valence-electron chi connectivity index (χ0n) is 15.0. The molecule has 2 fully saturated rings. The van der Waals surface area contributed by atoms with Crippen LogP contribution in [0.15, 0.2) is 0 Å². The molecule has 2 rings (SSSR count). The lowest BCUT2D eigenvalue weighted by atomic mass is 9.79. The number of hydrogen-bond donors (Lipinski definition) is 0. The first-order valence-corrected chi connectivity index (χ1v) is 9.81. The van der Waals surface area contributed by atoms with E-state index in [0.29, 0.717) is 18.9 Å². The lowest BCUT2D eigenvalue weighted by Crippen LogP contribution is -2.39. The van der Waals surface area contributed by atoms with Crippen LogP contribution in [0.3, 0.4) is 0 Å². The average Bonchev–Trinajstić information content (AvgIpc) is 2.55. The smallest absolute Gasteiger partial charge is 0.352 e. The molecule has 24 heavy (non-hydrogen) atoms. The van der Waals surface area contributed by atoms with E-state index in [1.54, 1.807) is 0 Å². The van der Waals surface area contributed by atoms with Crippen molar-refractivity contribution in [3.8, 4) is 0 Å². The fraction of sp³-hybridized carbons (Fsp3) is 1.00. The van der Waals surface area contributed by atoms with Crippen molar-refractivity contribution in [2.24, 2.45) is 11.8 Å². The first-order chi connectivity index (χ1) is 11.5. The normalized spacial score (nSPS) is 32.0. The molecular weight excluding hydrogens is 317 g/mol. The molecular formula is C19H33F3O2. The van der Waals surface area contributed by atoms with Gasteiger partial charge in [0.25, 0.3) is 0 Å². The number of halogens is 3. The van der Waals surface area contributed by atoms with Crippen LogP contribution in [-0.2, 0) is 9.47 Å². The van der Waals surface area contributed by atoms with Crippen LogP contribution in [0, 0.1) is 11.8 Å². The predicted octanol–water partition coefficient (Wildman–Crippen LogP) is 6.24. The van der Waals surface area contributed by atoms with E-state index in [0.717, 1.165) is 25.2 Å². The third-order valence-electron chi connectivity index (χ3n) is 5.53. The van der Waals surface area contributed by atoms with Crippen molar-refractivity contribution in [3.05, 3.63) is 0 Å². The maximum Gasteiger partial charge on any atom is 0.389 e. The van der Waals surface area contributed by atoms with Crippen LogP contribution in [0.2, 0.25) is 0 Å². The Kier molecular flexibility index (Phi) is 8.35. The minimum absolute atomic E-state index is 0.0617. The average molecular weight is 350 g/mol. The first-order valence-electron chi connectivity index (χ1n) is 9.81. The van der Waals surface area contributed by atoms with E-state index >= 15 is 0 Å². The summed E-state index contributed by atoms with van der Waals surface area (Å²) in [6.07, 6.45) is 6.40. The van der Waals surface area contributed by atoms with Crippen molar-refractivity contribution in [2.45, 2.75) is 103 Å². The van der Waals surface area contributed by atoms with Crippen molar-refractivity contribution >= 4 is 0 Å². The Morgan fingerprint density at radius 2 is 1.67 bits per heavy atom. The fourth-order valence-electron chi connectivity index (χ4n) is 4.03. The van der Waals surface area contributed by atoms with Crippen molar-refractivity contribution in [2.75, 3.05) is 6.61 Å². The third kappa shape index (κ3) is 7.30. The Labute approximate surface area is 144 Å². The molecule has 0 aromatic carbocycles. The maximum atomic E-state index is 12.3. The maximum absolute atomic E-state index is 12.3. The monoisotopic (exact) mass is 350 g/mol. The van der Waals surface area contributed by atoms with E-state index < -0.39 is 12.6 Å². The van der Waals surface area contributed by atoms with Gasteiger partial charge in [0.15, 0.2) is 6.29 Å². The van der Waals surface area contributed by atoms with Crippen LogP contribution >= 0.6 is 0 Å². The third-order valence-corrected chi connectivity index (χ3v) is 5.53. The van der Waals surface area contributed by atoms with Crippen molar-refractivity contribution in [1.29, 1.82) is 0 Å². The quantitative estimate of drug-likeness (QED) is 0.483. The van der Waals surface area contributed by atoms with E-state index in [-0.39, 0.29) is 18.8 Å². The number of hydrogen-bond acceptors (Lipinski definition) is 2. The molecule has 0 aromatic rings. The van der Waals surface area contributed by atoms with Gasteiger partial charge in [-0.25, -0.2) is 0 Å². The second kappa shape index (κ2) is 10.0. The molecule has 5 heteroatoms. The molecule has 1 aliphatic heterocycles. The van der Waals surface area contributed by atoms with Gasteiger partial charge in [-0.1, -0.05) is 32.6 Å². The van der Waals surface area contributed by atoms with E-state index in [9.17, 15) is 13.2 Å². The van der Waals surface area contributed by atoms with Gasteiger partial charge in [0.1, 0.15) is 0 Å². The molecule has 0 N–H and O–H groups in total. The van der Waals surface area contributed by atoms with Gasteiger partial charge in [-0.15, -0.1) is 0 Å². The van der Waals surface area contributed by atoms with Gasteiger partial charge in [-0.05, 0) is 50.9 Å². The zero-order valence-corrected chi connectivity index (χ0v) is 15.0. The fourth-order valence-corrected chi connectivity index (χ4v) is 4.03. The highest BCUT2D eigenvalue weighted by atomic mass is 19.4. The lowest BCUT2D eigenvalue weighted by Gasteiger charge is -2.38.